The van der Waals surface area contributed by atoms with E-state index in [9.17, 15) is 4.79 Å². The standard InChI is InChI=1S/C18H17NO/c1-13(2)19-12-17(14-8-4-3-5-9-14)15-10-6-7-11-16(15)18(19)20/h3-13H,1-2H3. The highest BCUT2D eigenvalue weighted by atomic mass is 16.1. The van der Waals surface area contributed by atoms with Gasteiger partial charge < -0.3 is 4.57 Å². The quantitative estimate of drug-likeness (QED) is 0.677. The molecule has 0 aliphatic heterocycles. The summed E-state index contributed by atoms with van der Waals surface area (Å²) in [6.07, 6.45) is 1.98. The van der Waals surface area contributed by atoms with Crippen LogP contribution in [0.3, 0.4) is 0 Å². The number of hydrogen-bond acceptors (Lipinski definition) is 1. The molecule has 0 saturated carbocycles. The van der Waals surface area contributed by atoms with Crippen molar-refractivity contribution >= 4 is 10.8 Å². The molecule has 100 valence electrons. The summed E-state index contributed by atoms with van der Waals surface area (Å²) in [6, 6.07) is 18.2. The van der Waals surface area contributed by atoms with Crippen LogP contribution in [0.15, 0.2) is 65.6 Å². The molecule has 0 N–H and O–H groups in total. The van der Waals surface area contributed by atoms with Gasteiger partial charge in [-0.1, -0.05) is 48.5 Å². The second-order valence-electron chi connectivity index (χ2n) is 5.26. The lowest BCUT2D eigenvalue weighted by atomic mass is 10.0. The second-order valence-corrected chi connectivity index (χ2v) is 5.26. The summed E-state index contributed by atoms with van der Waals surface area (Å²) in [7, 11) is 0. The molecule has 2 nitrogen and oxygen atoms in total. The van der Waals surface area contributed by atoms with E-state index >= 15 is 0 Å². The largest absolute Gasteiger partial charge is 0.312 e. The van der Waals surface area contributed by atoms with Crippen LogP contribution in [-0.2, 0) is 0 Å². The molecule has 20 heavy (non-hydrogen) atoms. The lowest BCUT2D eigenvalue weighted by Crippen LogP contribution is -2.21. The van der Waals surface area contributed by atoms with E-state index in [-0.39, 0.29) is 11.6 Å². The minimum Gasteiger partial charge on any atom is -0.312 e. The molecule has 3 aromatic rings. The maximum atomic E-state index is 12.5. The first-order valence-corrected chi connectivity index (χ1v) is 6.88. The van der Waals surface area contributed by atoms with Crippen LogP contribution < -0.4 is 5.56 Å². The van der Waals surface area contributed by atoms with Crippen molar-refractivity contribution in [2.45, 2.75) is 19.9 Å². The molecule has 0 bridgehead atoms. The molecule has 0 radical (unpaired) electrons. The molecule has 0 amide bonds. The molecule has 2 aromatic carbocycles. The van der Waals surface area contributed by atoms with Crippen molar-refractivity contribution < 1.29 is 0 Å². The zero-order valence-electron chi connectivity index (χ0n) is 11.7. The van der Waals surface area contributed by atoms with Gasteiger partial charge in [-0.15, -0.1) is 0 Å². The zero-order chi connectivity index (χ0) is 14.1. The van der Waals surface area contributed by atoms with E-state index in [0.717, 1.165) is 21.9 Å². The van der Waals surface area contributed by atoms with Gasteiger partial charge in [0.15, 0.2) is 0 Å². The molecule has 2 heteroatoms. The van der Waals surface area contributed by atoms with E-state index in [1.165, 1.54) is 0 Å². The fourth-order valence-corrected chi connectivity index (χ4v) is 2.54. The lowest BCUT2D eigenvalue weighted by Gasteiger charge is -2.15. The van der Waals surface area contributed by atoms with Crippen molar-refractivity contribution in [1.29, 1.82) is 0 Å². The van der Waals surface area contributed by atoms with Crippen LogP contribution in [0.2, 0.25) is 0 Å². The Morgan fingerprint density at radius 2 is 1.45 bits per heavy atom. The van der Waals surface area contributed by atoms with Gasteiger partial charge in [-0.3, -0.25) is 4.79 Å². The van der Waals surface area contributed by atoms with Gasteiger partial charge in [-0.25, -0.2) is 0 Å². The molecule has 0 atom stereocenters. The predicted molar refractivity (Wildman–Crippen MR) is 84.0 cm³/mol. The fourth-order valence-electron chi connectivity index (χ4n) is 2.54. The van der Waals surface area contributed by atoms with Gasteiger partial charge in [-0.05, 0) is 30.9 Å². The summed E-state index contributed by atoms with van der Waals surface area (Å²) in [5.74, 6) is 0. The highest BCUT2D eigenvalue weighted by Gasteiger charge is 2.11. The Morgan fingerprint density at radius 1 is 0.850 bits per heavy atom. The Balaban J connectivity index is 2.42. The Bertz CT molecular complexity index is 801. The summed E-state index contributed by atoms with van der Waals surface area (Å²) in [4.78, 5) is 12.5. The summed E-state index contributed by atoms with van der Waals surface area (Å²) in [6.45, 7) is 4.07. The third-order valence-corrected chi connectivity index (χ3v) is 3.59. The van der Waals surface area contributed by atoms with E-state index in [1.807, 2.05) is 67.1 Å². The van der Waals surface area contributed by atoms with Crippen LogP contribution in [0, 0.1) is 0 Å². The average Bonchev–Trinajstić information content (AvgIpc) is 2.48. The van der Waals surface area contributed by atoms with Gasteiger partial charge in [0.25, 0.3) is 5.56 Å². The predicted octanol–water partition coefficient (Wildman–Crippen LogP) is 4.25. The summed E-state index contributed by atoms with van der Waals surface area (Å²) in [5.41, 5.74) is 2.32. The average molecular weight is 263 g/mol. The van der Waals surface area contributed by atoms with Gasteiger partial charge >= 0.3 is 0 Å². The number of rotatable bonds is 2. The summed E-state index contributed by atoms with van der Waals surface area (Å²) >= 11 is 0. The Kier molecular flexibility index (Phi) is 3.15. The minimum atomic E-state index is 0.0790. The van der Waals surface area contributed by atoms with Crippen molar-refractivity contribution in [3.63, 3.8) is 0 Å². The molecule has 3 rings (SSSR count). The molecular formula is C18H17NO. The Labute approximate surface area is 118 Å². The number of aromatic nitrogens is 1. The van der Waals surface area contributed by atoms with Crippen LogP contribution in [-0.4, -0.2) is 4.57 Å². The fraction of sp³-hybridized carbons (Fsp3) is 0.167. The normalized spacial score (nSPS) is 11.2. The zero-order valence-corrected chi connectivity index (χ0v) is 11.7. The van der Waals surface area contributed by atoms with E-state index in [0.29, 0.717) is 0 Å². The second kappa shape index (κ2) is 4.97. The first-order valence-electron chi connectivity index (χ1n) is 6.88. The molecule has 0 fully saturated rings. The van der Waals surface area contributed by atoms with Crippen LogP contribution in [0.5, 0.6) is 0 Å². The van der Waals surface area contributed by atoms with Crippen LogP contribution in [0.25, 0.3) is 21.9 Å². The van der Waals surface area contributed by atoms with Crippen LogP contribution in [0.4, 0.5) is 0 Å². The van der Waals surface area contributed by atoms with Gasteiger partial charge in [0, 0.05) is 23.2 Å². The number of nitrogens with zero attached hydrogens (tertiary/aromatic N) is 1. The van der Waals surface area contributed by atoms with Gasteiger partial charge in [-0.2, -0.15) is 0 Å². The molecule has 0 aliphatic rings. The van der Waals surface area contributed by atoms with Gasteiger partial charge in [0.1, 0.15) is 0 Å². The molecule has 0 saturated heterocycles. The SMILES string of the molecule is CC(C)n1cc(-c2ccccc2)c2ccccc2c1=O. The maximum Gasteiger partial charge on any atom is 0.258 e. The maximum absolute atomic E-state index is 12.5. The van der Waals surface area contributed by atoms with E-state index in [4.69, 9.17) is 0 Å². The van der Waals surface area contributed by atoms with Crippen molar-refractivity contribution in [2.24, 2.45) is 0 Å². The minimum absolute atomic E-state index is 0.0790. The summed E-state index contributed by atoms with van der Waals surface area (Å²) < 4.78 is 1.81. The van der Waals surface area contributed by atoms with Crippen LogP contribution >= 0.6 is 0 Å². The molecule has 1 heterocycles. The third kappa shape index (κ3) is 2.03. The van der Waals surface area contributed by atoms with Gasteiger partial charge in [0.05, 0.1) is 0 Å². The van der Waals surface area contributed by atoms with E-state index in [1.54, 1.807) is 0 Å². The van der Waals surface area contributed by atoms with Gasteiger partial charge in [0.2, 0.25) is 0 Å². The topological polar surface area (TPSA) is 22.0 Å². The molecule has 1 aromatic heterocycles. The Morgan fingerprint density at radius 3 is 2.10 bits per heavy atom. The smallest absolute Gasteiger partial charge is 0.258 e. The highest BCUT2D eigenvalue weighted by Crippen LogP contribution is 2.27. The monoisotopic (exact) mass is 263 g/mol. The molecular weight excluding hydrogens is 246 g/mol. The van der Waals surface area contributed by atoms with Crippen molar-refractivity contribution in [1.82, 2.24) is 4.57 Å². The molecule has 0 aliphatic carbocycles. The van der Waals surface area contributed by atoms with Crippen molar-refractivity contribution in [2.75, 3.05) is 0 Å². The highest BCUT2D eigenvalue weighted by molar-refractivity contribution is 5.95. The number of pyridine rings is 1. The number of benzene rings is 2. The number of fused-ring (bicyclic) bond motifs is 1. The lowest BCUT2D eigenvalue weighted by molar-refractivity contribution is 0.583. The van der Waals surface area contributed by atoms with Crippen molar-refractivity contribution in [3.05, 3.63) is 71.1 Å². The molecule has 0 unspecified atom stereocenters. The first-order chi connectivity index (χ1) is 9.68. The number of hydrogen-bond donors (Lipinski definition) is 0. The molecule has 0 spiro atoms. The van der Waals surface area contributed by atoms with E-state index in [2.05, 4.69) is 12.1 Å². The summed E-state index contributed by atoms with van der Waals surface area (Å²) in [5, 5.41) is 1.79. The van der Waals surface area contributed by atoms with Crippen molar-refractivity contribution in [3.8, 4) is 11.1 Å². The van der Waals surface area contributed by atoms with E-state index < -0.39 is 0 Å². The Hall–Kier alpha value is -2.35. The van der Waals surface area contributed by atoms with Crippen LogP contribution in [0.1, 0.15) is 19.9 Å². The first kappa shape index (κ1) is 12.7. The third-order valence-electron chi connectivity index (χ3n) is 3.59.